The van der Waals surface area contributed by atoms with Crippen LogP contribution in [0, 0.1) is 11.8 Å². The molecule has 0 aliphatic heterocycles. The Morgan fingerprint density at radius 3 is 1.50 bits per heavy atom. The number of nitrogens with zero attached hydrogens (tertiary/aromatic N) is 1. The van der Waals surface area contributed by atoms with Gasteiger partial charge in [-0.3, -0.25) is 33.8 Å². The number of carbonyl (C=O) groups excluding carboxylic acids is 10. The van der Waals surface area contributed by atoms with Crippen molar-refractivity contribution in [1.29, 1.82) is 0 Å². The number of unbranched alkanes of at least 4 members (excludes halogenated alkanes) is 8. The molecular formula is C81H123N5O16S2Si2. The Bertz CT molecular complexity index is 3330. The van der Waals surface area contributed by atoms with Gasteiger partial charge in [-0.2, -0.15) is 0 Å². The first-order valence-corrected chi connectivity index (χ1v) is 47.2. The SMILES string of the molecule is C/C=C(\NC(=O)c1ccnc(CNC(=O)OC(C)(C)C)c1)C(=O)N[C@H](C(=O)O[C@H](/C=C/CCSC(=O)CCCCCCC)CC(=O)OCC[Si](C)(C)C)C(C)C.CCCCCCCC(=O)SCC/C=C/[C@H](CC(=O)OCC[Si](C)(C)C)OC(=O)[C@@H](NC(=O)OCC1c2ccccc2-c2ccccc21)C(C)C. The summed E-state index contributed by atoms with van der Waals surface area (Å²) in [6, 6.07) is 18.6. The highest BCUT2D eigenvalue weighted by atomic mass is 32.2. The summed E-state index contributed by atoms with van der Waals surface area (Å²) in [5.74, 6) is -3.40. The second-order valence-electron chi connectivity index (χ2n) is 30.6. The van der Waals surface area contributed by atoms with Crippen molar-refractivity contribution >= 4 is 97.8 Å². The largest absolute Gasteiger partial charge is 0.466 e. The van der Waals surface area contributed by atoms with E-state index < -0.39 is 99.8 Å². The van der Waals surface area contributed by atoms with Crippen LogP contribution in [0.5, 0.6) is 0 Å². The van der Waals surface area contributed by atoms with Gasteiger partial charge in [0.2, 0.25) is 0 Å². The molecule has 0 radical (unpaired) electrons. The summed E-state index contributed by atoms with van der Waals surface area (Å²) in [5.41, 5.74) is 4.24. The van der Waals surface area contributed by atoms with Gasteiger partial charge >= 0.3 is 36.1 Å². The number of benzene rings is 2. The molecule has 4 N–H and O–H groups in total. The van der Waals surface area contributed by atoms with Crippen LogP contribution in [-0.2, 0) is 68.5 Å². The molecule has 2 aromatic carbocycles. The van der Waals surface area contributed by atoms with Crippen molar-refractivity contribution in [2.45, 2.75) is 266 Å². The van der Waals surface area contributed by atoms with E-state index in [9.17, 15) is 47.9 Å². The third-order valence-electron chi connectivity index (χ3n) is 16.7. The smallest absolute Gasteiger partial charge is 0.407 e. The van der Waals surface area contributed by atoms with Gasteiger partial charge in [-0.05, 0) is 124 Å². The Morgan fingerprint density at radius 1 is 0.594 bits per heavy atom. The van der Waals surface area contributed by atoms with Crippen LogP contribution in [0.25, 0.3) is 11.1 Å². The number of fused-ring (bicyclic) bond motifs is 3. The first kappa shape index (κ1) is 92.9. The van der Waals surface area contributed by atoms with Gasteiger partial charge in [-0.15, -0.1) is 0 Å². The Kier molecular flexibility index (Phi) is 43.4. The first-order valence-electron chi connectivity index (χ1n) is 37.8. The number of nitrogens with one attached hydrogen (secondary N) is 4. The Hall–Kier alpha value is -7.36. The van der Waals surface area contributed by atoms with E-state index in [1.807, 2.05) is 56.3 Å². The van der Waals surface area contributed by atoms with Crippen LogP contribution in [0.2, 0.25) is 51.4 Å². The third-order valence-corrected chi connectivity index (χ3v) is 22.0. The van der Waals surface area contributed by atoms with Gasteiger partial charge in [-0.25, -0.2) is 19.2 Å². The van der Waals surface area contributed by atoms with E-state index in [-0.39, 0.29) is 65.9 Å². The number of hydrogen-bond donors (Lipinski definition) is 4. The predicted molar refractivity (Wildman–Crippen MR) is 429 cm³/mol. The van der Waals surface area contributed by atoms with E-state index in [4.69, 9.17) is 28.4 Å². The topological polar surface area (TPSA) is 287 Å². The van der Waals surface area contributed by atoms with Gasteiger partial charge in [0.1, 0.15) is 42.2 Å². The van der Waals surface area contributed by atoms with Gasteiger partial charge in [0.05, 0.1) is 38.3 Å². The van der Waals surface area contributed by atoms with Crippen molar-refractivity contribution in [3.05, 3.63) is 125 Å². The minimum absolute atomic E-state index is 0.00936. The highest BCUT2D eigenvalue weighted by molar-refractivity contribution is 8.13. The maximum atomic E-state index is 13.6. The van der Waals surface area contributed by atoms with Crippen molar-refractivity contribution < 1.29 is 76.4 Å². The number of esters is 4. The van der Waals surface area contributed by atoms with Crippen LogP contribution in [0.1, 0.15) is 205 Å². The number of ether oxygens (including phenoxy) is 6. The summed E-state index contributed by atoms with van der Waals surface area (Å²) in [4.78, 5) is 133. The fourth-order valence-corrected chi connectivity index (χ4v) is 13.6. The molecule has 106 heavy (non-hydrogen) atoms. The molecule has 0 spiro atoms. The second kappa shape index (κ2) is 49.6. The van der Waals surface area contributed by atoms with E-state index in [1.165, 1.54) is 67.2 Å². The molecule has 0 saturated carbocycles. The average molecular weight is 1540 g/mol. The van der Waals surface area contributed by atoms with Crippen LogP contribution in [0.3, 0.4) is 0 Å². The fraction of sp³-hybridized carbons (Fsp3) is 0.593. The Morgan fingerprint density at radius 2 is 1.06 bits per heavy atom. The van der Waals surface area contributed by atoms with Crippen LogP contribution >= 0.6 is 23.5 Å². The molecule has 1 heterocycles. The van der Waals surface area contributed by atoms with Crippen molar-refractivity contribution in [2.24, 2.45) is 11.8 Å². The van der Waals surface area contributed by atoms with Crippen LogP contribution in [0.15, 0.2) is 103 Å². The third kappa shape index (κ3) is 39.5. The molecule has 0 bridgehead atoms. The van der Waals surface area contributed by atoms with Crippen molar-refractivity contribution in [1.82, 2.24) is 26.3 Å². The number of rotatable bonds is 45. The number of thioether (sulfide) groups is 2. The quantitative estimate of drug-likeness (QED) is 0.0102. The lowest BCUT2D eigenvalue weighted by Crippen LogP contribution is -2.48. The van der Waals surface area contributed by atoms with E-state index in [2.05, 4.69) is 91.5 Å². The monoisotopic (exact) mass is 1540 g/mol. The number of allylic oxidation sites excluding steroid dienone is 3. The van der Waals surface area contributed by atoms with E-state index in [0.29, 0.717) is 49.5 Å². The summed E-state index contributed by atoms with van der Waals surface area (Å²) in [7, 11) is -2.84. The van der Waals surface area contributed by atoms with E-state index in [0.717, 1.165) is 79.3 Å². The Balaban J connectivity index is 0.000000553. The normalized spacial score (nSPS) is 13.5. The lowest BCUT2D eigenvalue weighted by atomic mass is 9.98. The standard InChI is InChI=1S/C41H66N4O9SSi.C40H57NO7SSi/c1-11-13-14-15-16-20-35(47)55-24-18-17-19-32(27-34(46)52-23-25-56(8,9)10)53-39(50)36(29(3)4)45-38(49)33(12-2)44-37(48)30-21-22-42-31(26-30)28-43-40(51)54-41(5,6)7;1-7-8-9-10-11-23-37(43)49-25-17-16-18-30(27-36(42)46-24-26-50(4,5)6)48-39(44)38(29(2)3)41-40(45)47-28-35-33-21-14-12-19-31(33)32-20-13-15-22-34(32)35/h12,17,19,21-22,26,29,32,36H,11,13-16,18,20,23-25,27-28H2,1-10H3,(H,43,51)(H,44,48)(H,45,49);12-16,18-22,29-30,35,38H,7-11,17,23-28H2,1-6H3,(H,41,45)/b19-17+,33-12-;18-16+/t32-,36+;30-,38+/m11/s1. The van der Waals surface area contributed by atoms with Gasteiger partial charge in [0.15, 0.2) is 10.2 Å². The maximum Gasteiger partial charge on any atom is 0.407 e. The lowest BCUT2D eigenvalue weighted by molar-refractivity contribution is -0.157. The molecule has 0 saturated heterocycles. The van der Waals surface area contributed by atoms with Crippen molar-refractivity contribution in [3.63, 3.8) is 0 Å². The predicted octanol–water partition coefficient (Wildman–Crippen LogP) is 16.9. The second-order valence-corrected chi connectivity index (χ2v) is 44.1. The molecule has 3 aromatic rings. The zero-order chi connectivity index (χ0) is 78.8. The van der Waals surface area contributed by atoms with Crippen molar-refractivity contribution in [3.8, 4) is 11.1 Å². The number of aromatic nitrogens is 1. The lowest BCUT2D eigenvalue weighted by Gasteiger charge is -2.24. The van der Waals surface area contributed by atoms with Crippen LogP contribution < -0.4 is 21.3 Å². The number of amides is 4. The molecule has 0 fully saturated rings. The summed E-state index contributed by atoms with van der Waals surface area (Å²) >= 11 is 2.58. The molecule has 1 aliphatic carbocycles. The zero-order valence-corrected chi connectivity index (χ0v) is 69.7. The van der Waals surface area contributed by atoms with Gasteiger partial charge in [0, 0.05) is 58.2 Å². The highest BCUT2D eigenvalue weighted by Crippen LogP contribution is 2.44. The van der Waals surface area contributed by atoms with Crippen LogP contribution in [-0.4, -0.2) is 140 Å². The van der Waals surface area contributed by atoms with E-state index in [1.54, 1.807) is 59.8 Å². The summed E-state index contributed by atoms with van der Waals surface area (Å²) < 4.78 is 33.5. The summed E-state index contributed by atoms with van der Waals surface area (Å²) in [6.45, 7) is 32.1. The van der Waals surface area contributed by atoms with Crippen LogP contribution in [0.4, 0.5) is 9.59 Å². The molecule has 4 atom stereocenters. The van der Waals surface area contributed by atoms with Crippen molar-refractivity contribution in [2.75, 3.05) is 31.3 Å². The minimum Gasteiger partial charge on any atom is -0.466 e. The minimum atomic E-state index is -1.45. The summed E-state index contributed by atoms with van der Waals surface area (Å²) in [6.07, 6.45) is 19.3. The fourth-order valence-electron chi connectivity index (χ4n) is 10.6. The maximum absolute atomic E-state index is 13.6. The van der Waals surface area contributed by atoms with Gasteiger partial charge in [0.25, 0.3) is 11.8 Å². The number of pyridine rings is 1. The zero-order valence-electron chi connectivity index (χ0n) is 66.0. The molecule has 1 aliphatic rings. The number of carbonyl (C=O) groups is 10. The molecule has 4 rings (SSSR count). The molecule has 588 valence electrons. The molecular weight excluding hydrogens is 1420 g/mol. The molecule has 25 heteroatoms. The average Bonchev–Trinajstić information content (AvgIpc) is 1.62. The molecule has 21 nitrogen and oxygen atoms in total. The molecule has 0 unspecified atom stereocenters. The Labute approximate surface area is 642 Å². The first-order chi connectivity index (χ1) is 50.1. The molecule has 1 aromatic heterocycles. The van der Waals surface area contributed by atoms with E-state index >= 15 is 0 Å². The number of alkyl carbamates (subject to hydrolysis) is 2. The van der Waals surface area contributed by atoms with Gasteiger partial charge in [-0.1, -0.05) is 222 Å². The number of hydrogen-bond acceptors (Lipinski definition) is 19. The molecule has 4 amide bonds. The summed E-state index contributed by atoms with van der Waals surface area (Å²) in [5, 5.41) is 10.9. The van der Waals surface area contributed by atoms with Gasteiger partial charge < -0.3 is 49.7 Å². The highest BCUT2D eigenvalue weighted by Gasteiger charge is 2.34.